The van der Waals surface area contributed by atoms with Crippen LogP contribution in [-0.4, -0.2) is 60.8 Å². The van der Waals surface area contributed by atoms with Crippen molar-refractivity contribution < 1.29 is 37.0 Å². The first kappa shape index (κ1) is 23.0. The van der Waals surface area contributed by atoms with Gasteiger partial charge in [0.25, 0.3) is 0 Å². The third-order valence-corrected chi connectivity index (χ3v) is 4.01. The van der Waals surface area contributed by atoms with Crippen LogP contribution in [0, 0.1) is 17.7 Å². The van der Waals surface area contributed by atoms with E-state index in [1.54, 1.807) is 0 Å². The number of carboxylic acid groups (broad SMARTS) is 1. The van der Waals surface area contributed by atoms with E-state index in [-0.39, 0.29) is 38.6 Å². The number of alkyl halides is 3. The lowest BCUT2D eigenvalue weighted by Crippen LogP contribution is -2.38. The van der Waals surface area contributed by atoms with Gasteiger partial charge in [-0.25, -0.2) is 4.39 Å². The minimum absolute atomic E-state index is 0. The van der Waals surface area contributed by atoms with E-state index in [4.69, 9.17) is 9.84 Å². The molecule has 1 aromatic rings. The van der Waals surface area contributed by atoms with Crippen LogP contribution in [0.25, 0.3) is 0 Å². The predicted molar refractivity (Wildman–Crippen MR) is 89.3 cm³/mol. The van der Waals surface area contributed by atoms with E-state index in [9.17, 15) is 27.2 Å². The molecule has 0 aliphatic carbocycles. The van der Waals surface area contributed by atoms with Crippen LogP contribution in [0.15, 0.2) is 24.3 Å². The fraction of sp³-hybridized carbons (Fsp3) is 0.500. The summed E-state index contributed by atoms with van der Waals surface area (Å²) in [5.74, 6) is -5.62. The molecule has 27 heavy (non-hydrogen) atoms. The zero-order chi connectivity index (χ0) is 19.3. The van der Waals surface area contributed by atoms with Crippen molar-refractivity contribution in [1.82, 2.24) is 10.2 Å². The van der Waals surface area contributed by atoms with Gasteiger partial charge in [-0.2, -0.15) is 13.2 Å². The molecule has 0 bridgehead atoms. The van der Waals surface area contributed by atoms with Crippen molar-refractivity contribution >= 4 is 24.3 Å². The smallest absolute Gasteiger partial charge is 0.393 e. The number of carbonyl (C=O) groups excluding carboxylic acids is 1. The minimum Gasteiger partial charge on any atom is -0.492 e. The Morgan fingerprint density at radius 2 is 1.85 bits per heavy atom. The molecule has 1 fully saturated rings. The molecule has 2 rings (SSSR count). The van der Waals surface area contributed by atoms with Crippen LogP contribution in [0.4, 0.5) is 17.6 Å². The summed E-state index contributed by atoms with van der Waals surface area (Å²) in [5.41, 5.74) is 0. The second-order valence-corrected chi connectivity index (χ2v) is 5.94. The van der Waals surface area contributed by atoms with E-state index >= 15 is 0 Å². The van der Waals surface area contributed by atoms with Gasteiger partial charge in [-0.15, -0.1) is 12.4 Å². The van der Waals surface area contributed by atoms with E-state index < -0.39 is 42.3 Å². The maximum atomic E-state index is 12.9. The highest BCUT2D eigenvalue weighted by atomic mass is 35.5. The zero-order valence-electron chi connectivity index (χ0n) is 14.0. The lowest BCUT2D eigenvalue weighted by molar-refractivity contribution is -0.188. The van der Waals surface area contributed by atoms with Crippen molar-refractivity contribution in [1.29, 1.82) is 0 Å². The molecule has 1 aliphatic rings. The number of nitrogens with one attached hydrogen (secondary N) is 1. The van der Waals surface area contributed by atoms with Crippen LogP contribution >= 0.6 is 12.4 Å². The van der Waals surface area contributed by atoms with Crippen LogP contribution in [0.3, 0.4) is 0 Å². The lowest BCUT2D eigenvalue weighted by Gasteiger charge is -2.18. The zero-order valence-corrected chi connectivity index (χ0v) is 14.9. The average molecular weight is 415 g/mol. The molecule has 2 N–H and O–H groups in total. The molecule has 1 amide bonds. The molecule has 152 valence electrons. The van der Waals surface area contributed by atoms with Gasteiger partial charge in [-0.05, 0) is 24.3 Å². The largest absolute Gasteiger partial charge is 0.492 e. The second kappa shape index (κ2) is 9.75. The Kier molecular flexibility index (Phi) is 8.29. The third-order valence-electron chi connectivity index (χ3n) is 4.01. The van der Waals surface area contributed by atoms with Crippen LogP contribution in [-0.2, 0) is 9.59 Å². The number of hydrogen-bond acceptors (Lipinski definition) is 4. The van der Waals surface area contributed by atoms with Gasteiger partial charge in [0.1, 0.15) is 18.2 Å². The van der Waals surface area contributed by atoms with Crippen molar-refractivity contribution in [2.24, 2.45) is 11.8 Å². The molecule has 2 atom stereocenters. The van der Waals surface area contributed by atoms with Gasteiger partial charge in [0.05, 0.1) is 24.9 Å². The third kappa shape index (κ3) is 6.87. The molecule has 1 heterocycles. The number of halogens is 5. The maximum Gasteiger partial charge on any atom is 0.393 e. The first-order chi connectivity index (χ1) is 12.2. The highest BCUT2D eigenvalue weighted by Crippen LogP contribution is 2.37. The van der Waals surface area contributed by atoms with E-state index in [0.717, 1.165) is 0 Å². The highest BCUT2D eigenvalue weighted by molar-refractivity contribution is 5.85. The summed E-state index contributed by atoms with van der Waals surface area (Å²) in [4.78, 5) is 24.0. The Morgan fingerprint density at radius 3 is 2.37 bits per heavy atom. The standard InChI is InChI=1S/C16H18F4N2O4.ClH/c17-10-1-3-11(4-2-10)26-6-5-21-14(23)9-22-7-12(15(24)25)13(8-22)16(18,19)20;/h1-4,12-13H,5-9H2,(H,21,23)(H,24,25);1H/t12-,13-;/m1./s1. The van der Waals surface area contributed by atoms with Crippen molar-refractivity contribution in [3.63, 3.8) is 0 Å². The molecular formula is C16H19ClF4N2O4. The molecule has 0 spiro atoms. The molecule has 1 saturated heterocycles. The Bertz CT molecular complexity index is 642. The molecule has 0 unspecified atom stereocenters. The van der Waals surface area contributed by atoms with Crippen LogP contribution < -0.4 is 10.1 Å². The van der Waals surface area contributed by atoms with E-state index in [1.807, 2.05) is 0 Å². The van der Waals surface area contributed by atoms with Crippen molar-refractivity contribution in [3.8, 4) is 5.75 Å². The normalized spacial score (nSPS) is 20.0. The van der Waals surface area contributed by atoms with Gasteiger partial charge in [-0.1, -0.05) is 0 Å². The van der Waals surface area contributed by atoms with E-state index in [0.29, 0.717) is 5.75 Å². The van der Waals surface area contributed by atoms with E-state index in [1.165, 1.54) is 29.2 Å². The van der Waals surface area contributed by atoms with Crippen molar-refractivity contribution in [3.05, 3.63) is 30.1 Å². The number of likely N-dealkylation sites (tertiary alicyclic amines) is 1. The first-order valence-corrected chi connectivity index (χ1v) is 7.83. The van der Waals surface area contributed by atoms with Gasteiger partial charge in [0.2, 0.25) is 5.91 Å². The fourth-order valence-corrected chi connectivity index (χ4v) is 2.75. The Hall–Kier alpha value is -2.07. The summed E-state index contributed by atoms with van der Waals surface area (Å²) in [6.45, 7) is -0.985. The molecular weight excluding hydrogens is 396 g/mol. The minimum atomic E-state index is -4.63. The molecule has 6 nitrogen and oxygen atoms in total. The summed E-state index contributed by atoms with van der Waals surface area (Å²) < 4.78 is 56.7. The number of hydrogen-bond donors (Lipinski definition) is 2. The summed E-state index contributed by atoms with van der Waals surface area (Å²) in [7, 11) is 0. The number of benzene rings is 1. The van der Waals surface area contributed by atoms with Gasteiger partial charge < -0.3 is 15.2 Å². The van der Waals surface area contributed by atoms with Crippen molar-refractivity contribution in [2.75, 3.05) is 32.8 Å². The Labute approximate surface area is 158 Å². The van der Waals surface area contributed by atoms with Gasteiger partial charge >= 0.3 is 12.1 Å². The molecule has 0 saturated carbocycles. The molecule has 11 heteroatoms. The number of rotatable bonds is 7. The number of carbonyl (C=O) groups is 2. The highest BCUT2D eigenvalue weighted by Gasteiger charge is 2.52. The molecule has 1 aliphatic heterocycles. The quantitative estimate of drug-likeness (QED) is 0.526. The van der Waals surface area contributed by atoms with Gasteiger partial charge in [0.15, 0.2) is 0 Å². The fourth-order valence-electron chi connectivity index (χ4n) is 2.75. The summed E-state index contributed by atoms with van der Waals surface area (Å²) >= 11 is 0. The molecule has 1 aromatic carbocycles. The SMILES string of the molecule is Cl.O=C(CN1C[C@@H](C(F)(F)F)[C@H](C(=O)O)C1)NCCOc1ccc(F)cc1. The monoisotopic (exact) mass is 414 g/mol. The van der Waals surface area contributed by atoms with Gasteiger partial charge in [-0.3, -0.25) is 14.5 Å². The first-order valence-electron chi connectivity index (χ1n) is 7.83. The van der Waals surface area contributed by atoms with Crippen LogP contribution in [0.5, 0.6) is 5.75 Å². The average Bonchev–Trinajstić information content (AvgIpc) is 2.97. The Morgan fingerprint density at radius 1 is 1.22 bits per heavy atom. The number of nitrogens with zero attached hydrogens (tertiary/aromatic N) is 1. The lowest BCUT2D eigenvalue weighted by atomic mass is 9.96. The summed E-state index contributed by atoms with van der Waals surface area (Å²) in [5, 5.41) is 11.4. The Balaban J connectivity index is 0.00000364. The number of ether oxygens (including phenoxy) is 1. The summed E-state index contributed by atoms with van der Waals surface area (Å²) in [6.07, 6.45) is -4.63. The number of carboxylic acids is 1. The predicted octanol–water partition coefficient (Wildman–Crippen LogP) is 1.94. The second-order valence-electron chi connectivity index (χ2n) is 5.94. The molecule has 0 aromatic heterocycles. The molecule has 0 radical (unpaired) electrons. The van der Waals surface area contributed by atoms with Gasteiger partial charge in [0, 0.05) is 13.1 Å². The summed E-state index contributed by atoms with van der Waals surface area (Å²) in [6, 6.07) is 5.28. The topological polar surface area (TPSA) is 78.9 Å². The number of aliphatic carboxylic acids is 1. The van der Waals surface area contributed by atoms with E-state index in [2.05, 4.69) is 5.32 Å². The number of amides is 1. The maximum absolute atomic E-state index is 12.9. The van der Waals surface area contributed by atoms with Crippen molar-refractivity contribution in [2.45, 2.75) is 6.18 Å². The van der Waals surface area contributed by atoms with Crippen LogP contribution in [0.2, 0.25) is 0 Å². The van der Waals surface area contributed by atoms with Crippen LogP contribution in [0.1, 0.15) is 0 Å².